The van der Waals surface area contributed by atoms with Gasteiger partial charge in [0.15, 0.2) is 11.6 Å². The molecule has 0 aliphatic carbocycles. The summed E-state index contributed by atoms with van der Waals surface area (Å²) < 4.78 is 18.8. The van der Waals surface area contributed by atoms with Crippen LogP contribution in [0.5, 0.6) is 5.75 Å². The number of hydrogen-bond acceptors (Lipinski definition) is 2. The van der Waals surface area contributed by atoms with E-state index in [4.69, 9.17) is 4.74 Å². The molecule has 0 aromatic heterocycles. The summed E-state index contributed by atoms with van der Waals surface area (Å²) >= 11 is 0. The summed E-state index contributed by atoms with van der Waals surface area (Å²) in [6.07, 6.45) is 0. The van der Waals surface area contributed by atoms with Gasteiger partial charge >= 0.3 is 0 Å². The van der Waals surface area contributed by atoms with E-state index >= 15 is 0 Å². The lowest BCUT2D eigenvalue weighted by Gasteiger charge is -2.08. The van der Waals surface area contributed by atoms with Crippen molar-refractivity contribution in [3.05, 3.63) is 65.5 Å². The first-order valence-electron chi connectivity index (χ1n) is 6.45. The first-order valence-corrected chi connectivity index (χ1v) is 6.45. The van der Waals surface area contributed by atoms with Crippen molar-refractivity contribution in [3.8, 4) is 5.75 Å². The Kier molecular flexibility index (Phi) is 4.71. The fourth-order valence-electron chi connectivity index (χ4n) is 1.80. The number of benzene rings is 2. The molecular weight excluding hydrogens is 257 g/mol. The van der Waals surface area contributed by atoms with Gasteiger partial charge in [-0.2, -0.15) is 0 Å². The van der Waals surface area contributed by atoms with E-state index in [-0.39, 0.29) is 18.2 Å². The molecule has 0 fully saturated rings. The number of rotatable bonds is 5. The van der Waals surface area contributed by atoms with Gasteiger partial charge in [-0.1, -0.05) is 24.3 Å². The summed E-state index contributed by atoms with van der Waals surface area (Å²) in [5.74, 6) is -0.371. The SMILES string of the molecule is CCOc1ccc(CNC(=O)c2ccccc2)cc1F. The number of hydrogen-bond donors (Lipinski definition) is 1. The Morgan fingerprint density at radius 3 is 2.60 bits per heavy atom. The quantitative estimate of drug-likeness (QED) is 0.908. The highest BCUT2D eigenvalue weighted by Crippen LogP contribution is 2.18. The number of amides is 1. The first kappa shape index (κ1) is 14.1. The van der Waals surface area contributed by atoms with Crippen molar-refractivity contribution >= 4 is 5.91 Å². The summed E-state index contributed by atoms with van der Waals surface area (Å²) in [6, 6.07) is 13.6. The topological polar surface area (TPSA) is 38.3 Å². The van der Waals surface area contributed by atoms with Gasteiger partial charge in [-0.25, -0.2) is 4.39 Å². The van der Waals surface area contributed by atoms with Crippen molar-refractivity contribution < 1.29 is 13.9 Å². The highest BCUT2D eigenvalue weighted by atomic mass is 19.1. The molecule has 0 spiro atoms. The van der Waals surface area contributed by atoms with Gasteiger partial charge in [-0.15, -0.1) is 0 Å². The van der Waals surface area contributed by atoms with Crippen LogP contribution in [0.4, 0.5) is 4.39 Å². The van der Waals surface area contributed by atoms with Crippen LogP contribution >= 0.6 is 0 Å². The molecule has 0 aliphatic rings. The largest absolute Gasteiger partial charge is 0.491 e. The van der Waals surface area contributed by atoms with Crippen LogP contribution < -0.4 is 10.1 Å². The molecule has 0 atom stereocenters. The van der Waals surface area contributed by atoms with Crippen molar-refractivity contribution in [3.63, 3.8) is 0 Å². The van der Waals surface area contributed by atoms with Crippen molar-refractivity contribution in [2.75, 3.05) is 6.61 Å². The fourth-order valence-corrected chi connectivity index (χ4v) is 1.80. The van der Waals surface area contributed by atoms with E-state index < -0.39 is 5.82 Å². The monoisotopic (exact) mass is 273 g/mol. The molecule has 3 nitrogen and oxygen atoms in total. The summed E-state index contributed by atoms with van der Waals surface area (Å²) in [6.45, 7) is 2.49. The fraction of sp³-hybridized carbons (Fsp3) is 0.188. The molecule has 104 valence electrons. The molecular formula is C16H16FNO2. The van der Waals surface area contributed by atoms with Gasteiger partial charge in [0.25, 0.3) is 5.91 Å². The summed E-state index contributed by atoms with van der Waals surface area (Å²) in [7, 11) is 0. The lowest BCUT2D eigenvalue weighted by molar-refractivity contribution is 0.0951. The normalized spacial score (nSPS) is 10.1. The highest BCUT2D eigenvalue weighted by molar-refractivity contribution is 5.94. The third kappa shape index (κ3) is 3.57. The number of halogens is 1. The zero-order valence-electron chi connectivity index (χ0n) is 11.2. The summed E-state index contributed by atoms with van der Waals surface area (Å²) in [5.41, 5.74) is 1.27. The third-order valence-corrected chi connectivity index (χ3v) is 2.79. The molecule has 0 unspecified atom stereocenters. The van der Waals surface area contributed by atoms with Crippen molar-refractivity contribution in [1.82, 2.24) is 5.32 Å². The van der Waals surface area contributed by atoms with Gasteiger partial charge in [0.05, 0.1) is 6.61 Å². The van der Waals surface area contributed by atoms with Crippen LogP contribution in [0, 0.1) is 5.82 Å². The Bertz CT molecular complexity index is 584. The van der Waals surface area contributed by atoms with Crippen LogP contribution in [0.15, 0.2) is 48.5 Å². The van der Waals surface area contributed by atoms with Gasteiger partial charge in [0.2, 0.25) is 0 Å². The molecule has 0 bridgehead atoms. The first-order chi connectivity index (χ1) is 9.70. The molecule has 1 N–H and O–H groups in total. The molecule has 0 radical (unpaired) electrons. The summed E-state index contributed by atoms with van der Waals surface area (Å²) in [4.78, 5) is 11.8. The Hall–Kier alpha value is -2.36. The van der Waals surface area contributed by atoms with E-state index in [0.29, 0.717) is 17.7 Å². The standard InChI is InChI=1S/C16H16FNO2/c1-2-20-15-9-8-12(10-14(15)17)11-18-16(19)13-6-4-3-5-7-13/h3-10H,2,11H2,1H3,(H,18,19). The smallest absolute Gasteiger partial charge is 0.251 e. The highest BCUT2D eigenvalue weighted by Gasteiger charge is 2.07. The second kappa shape index (κ2) is 6.70. The zero-order valence-corrected chi connectivity index (χ0v) is 11.2. The van der Waals surface area contributed by atoms with Crippen molar-refractivity contribution in [1.29, 1.82) is 0 Å². The van der Waals surface area contributed by atoms with E-state index in [1.54, 1.807) is 43.3 Å². The molecule has 4 heteroatoms. The number of nitrogens with one attached hydrogen (secondary N) is 1. The predicted octanol–water partition coefficient (Wildman–Crippen LogP) is 3.15. The number of ether oxygens (including phenoxy) is 1. The number of carbonyl (C=O) groups is 1. The number of carbonyl (C=O) groups excluding carboxylic acids is 1. The Morgan fingerprint density at radius 1 is 1.20 bits per heavy atom. The van der Waals surface area contributed by atoms with E-state index in [1.165, 1.54) is 6.07 Å². The van der Waals surface area contributed by atoms with Gasteiger partial charge in [0.1, 0.15) is 0 Å². The van der Waals surface area contributed by atoms with E-state index in [2.05, 4.69) is 5.32 Å². The van der Waals surface area contributed by atoms with Crippen LogP contribution in [0.3, 0.4) is 0 Å². The maximum atomic E-state index is 13.6. The molecule has 0 aliphatic heterocycles. The minimum atomic E-state index is -0.418. The minimum Gasteiger partial charge on any atom is -0.491 e. The van der Waals surface area contributed by atoms with Gasteiger partial charge in [-0.3, -0.25) is 4.79 Å². The Labute approximate surface area is 117 Å². The molecule has 20 heavy (non-hydrogen) atoms. The zero-order chi connectivity index (χ0) is 14.4. The van der Waals surface area contributed by atoms with Crippen LogP contribution in [0.1, 0.15) is 22.8 Å². The predicted molar refractivity (Wildman–Crippen MR) is 75.2 cm³/mol. The molecule has 1 amide bonds. The molecule has 0 saturated carbocycles. The molecule has 2 rings (SSSR count). The molecule has 2 aromatic carbocycles. The Morgan fingerprint density at radius 2 is 1.95 bits per heavy atom. The molecule has 2 aromatic rings. The maximum absolute atomic E-state index is 13.6. The van der Waals surface area contributed by atoms with E-state index in [1.807, 2.05) is 6.07 Å². The second-order valence-electron chi connectivity index (χ2n) is 4.25. The van der Waals surface area contributed by atoms with Gasteiger partial charge < -0.3 is 10.1 Å². The lowest BCUT2D eigenvalue weighted by Crippen LogP contribution is -2.22. The van der Waals surface area contributed by atoms with E-state index in [0.717, 1.165) is 0 Å². The average molecular weight is 273 g/mol. The van der Waals surface area contributed by atoms with Crippen LogP contribution in [-0.2, 0) is 6.54 Å². The van der Waals surface area contributed by atoms with Crippen LogP contribution in [0.2, 0.25) is 0 Å². The lowest BCUT2D eigenvalue weighted by atomic mass is 10.2. The second-order valence-corrected chi connectivity index (χ2v) is 4.25. The van der Waals surface area contributed by atoms with Crippen molar-refractivity contribution in [2.45, 2.75) is 13.5 Å². The Balaban J connectivity index is 1.97. The molecule has 0 saturated heterocycles. The van der Waals surface area contributed by atoms with Gasteiger partial charge in [-0.05, 0) is 36.8 Å². The minimum absolute atomic E-state index is 0.181. The van der Waals surface area contributed by atoms with Crippen molar-refractivity contribution in [2.24, 2.45) is 0 Å². The summed E-state index contributed by atoms with van der Waals surface area (Å²) in [5, 5.41) is 2.75. The molecule has 0 heterocycles. The van der Waals surface area contributed by atoms with Gasteiger partial charge in [0, 0.05) is 12.1 Å². The van der Waals surface area contributed by atoms with E-state index in [9.17, 15) is 9.18 Å². The third-order valence-electron chi connectivity index (χ3n) is 2.79. The average Bonchev–Trinajstić information content (AvgIpc) is 2.48. The maximum Gasteiger partial charge on any atom is 0.251 e. The van der Waals surface area contributed by atoms with Crippen LogP contribution in [0.25, 0.3) is 0 Å². The van der Waals surface area contributed by atoms with Crippen LogP contribution in [-0.4, -0.2) is 12.5 Å².